The minimum Gasteiger partial charge on any atom is -0.617 e. The molecule has 50 valence electrons. The van der Waals surface area contributed by atoms with Crippen LogP contribution in [0.1, 0.15) is 13.3 Å². The first kappa shape index (κ1) is 8.27. The summed E-state index contributed by atoms with van der Waals surface area (Å²) in [5.41, 5.74) is 5.48. The van der Waals surface area contributed by atoms with E-state index in [2.05, 4.69) is 0 Å². The van der Waals surface area contributed by atoms with Gasteiger partial charge in [0.1, 0.15) is 5.75 Å². The fourth-order valence-electron chi connectivity index (χ4n) is 0.419. The Bertz CT molecular complexity index is 58.4. The van der Waals surface area contributed by atoms with Crippen molar-refractivity contribution in [2.45, 2.75) is 19.4 Å². The molecule has 0 aromatic heterocycles. The molecule has 8 heavy (non-hydrogen) atoms. The Morgan fingerprint density at radius 1 is 1.75 bits per heavy atom. The van der Waals surface area contributed by atoms with E-state index >= 15 is 0 Å². The van der Waals surface area contributed by atoms with E-state index in [1.54, 1.807) is 6.26 Å². The van der Waals surface area contributed by atoms with Crippen molar-refractivity contribution < 1.29 is 4.55 Å². The first-order chi connectivity index (χ1) is 3.66. The third kappa shape index (κ3) is 4.43. The molecule has 2 N–H and O–H groups in total. The molecule has 0 bridgehead atoms. The summed E-state index contributed by atoms with van der Waals surface area (Å²) < 4.78 is 10.4. The first-order valence-electron chi connectivity index (χ1n) is 2.72. The largest absolute Gasteiger partial charge is 0.617 e. The van der Waals surface area contributed by atoms with Gasteiger partial charge in [-0.15, -0.1) is 0 Å². The Morgan fingerprint density at radius 3 is 2.38 bits per heavy atom. The second-order valence-corrected chi connectivity index (χ2v) is 3.39. The normalized spacial score (nSPS) is 18.0. The number of nitrogens with two attached hydrogens (primary N) is 1. The minimum absolute atomic E-state index is 0.126. The van der Waals surface area contributed by atoms with E-state index in [0.717, 1.165) is 6.42 Å². The van der Waals surface area contributed by atoms with E-state index in [0.29, 0.717) is 5.75 Å². The van der Waals surface area contributed by atoms with Gasteiger partial charge in [0.05, 0.1) is 6.26 Å². The second kappa shape index (κ2) is 4.18. The molecule has 3 heteroatoms. The highest BCUT2D eigenvalue weighted by atomic mass is 32.2. The molecule has 0 aromatic rings. The number of hydrogen-bond donors (Lipinski definition) is 1. The topological polar surface area (TPSA) is 49.1 Å². The first-order valence-corrected chi connectivity index (χ1v) is 4.45. The van der Waals surface area contributed by atoms with E-state index in [-0.39, 0.29) is 6.04 Å². The average molecular weight is 135 g/mol. The van der Waals surface area contributed by atoms with Gasteiger partial charge in [-0.05, 0) is 6.42 Å². The Hall–Kier alpha value is 0.270. The van der Waals surface area contributed by atoms with Gasteiger partial charge in [-0.2, -0.15) is 0 Å². The lowest BCUT2D eigenvalue weighted by Gasteiger charge is -2.08. The summed E-state index contributed by atoms with van der Waals surface area (Å²) >= 11 is -0.721. The summed E-state index contributed by atoms with van der Waals surface area (Å²) in [7, 11) is 0. The molecule has 0 saturated carbocycles. The van der Waals surface area contributed by atoms with Crippen LogP contribution in [0, 0.1) is 0 Å². The van der Waals surface area contributed by atoms with Crippen molar-refractivity contribution in [3.63, 3.8) is 0 Å². The van der Waals surface area contributed by atoms with Crippen molar-refractivity contribution in [2.24, 2.45) is 5.73 Å². The van der Waals surface area contributed by atoms with E-state index in [1.807, 2.05) is 6.92 Å². The highest BCUT2D eigenvalue weighted by Crippen LogP contribution is 1.90. The summed E-state index contributed by atoms with van der Waals surface area (Å²) in [6.07, 6.45) is 2.59. The summed E-state index contributed by atoms with van der Waals surface area (Å²) in [6.45, 7) is 2.00. The van der Waals surface area contributed by atoms with E-state index in [4.69, 9.17) is 5.73 Å². The van der Waals surface area contributed by atoms with Crippen molar-refractivity contribution >= 4 is 11.2 Å². The lowest BCUT2D eigenvalue weighted by molar-refractivity contribution is 0.588. The van der Waals surface area contributed by atoms with Gasteiger partial charge in [-0.1, -0.05) is 18.1 Å². The standard InChI is InChI=1S/C5H13NOS/c1-3-5(6)4-8(2)7/h5H,3-4,6H2,1-2H3/t5-,8?/m1/s1. The maximum atomic E-state index is 10.4. The fourth-order valence-corrected chi connectivity index (χ4v) is 1.26. The zero-order valence-corrected chi connectivity index (χ0v) is 6.20. The molecule has 0 radical (unpaired) electrons. The molecule has 0 heterocycles. The van der Waals surface area contributed by atoms with Crippen LogP contribution in [-0.2, 0) is 11.2 Å². The van der Waals surface area contributed by atoms with Crippen LogP contribution in [0.25, 0.3) is 0 Å². The molecular formula is C5H13NOS. The molecule has 0 spiro atoms. The van der Waals surface area contributed by atoms with Gasteiger partial charge in [0, 0.05) is 6.04 Å². The van der Waals surface area contributed by atoms with Crippen molar-refractivity contribution in [3.05, 3.63) is 0 Å². The van der Waals surface area contributed by atoms with E-state index in [1.165, 1.54) is 0 Å². The third-order valence-electron chi connectivity index (χ3n) is 0.973. The fraction of sp³-hybridized carbons (Fsp3) is 1.00. The highest BCUT2D eigenvalue weighted by molar-refractivity contribution is 7.90. The molecule has 0 aliphatic rings. The molecule has 2 nitrogen and oxygen atoms in total. The molecule has 0 aromatic carbocycles. The Labute approximate surface area is 53.6 Å². The van der Waals surface area contributed by atoms with Crippen LogP contribution in [0.15, 0.2) is 0 Å². The van der Waals surface area contributed by atoms with Gasteiger partial charge in [-0.25, -0.2) is 0 Å². The molecular weight excluding hydrogens is 122 g/mol. The molecule has 0 aliphatic heterocycles. The average Bonchev–Trinajstić information content (AvgIpc) is 1.65. The SMILES string of the molecule is CC[C@@H](N)C[S+](C)[O-]. The molecule has 2 atom stereocenters. The van der Waals surface area contributed by atoms with Crippen LogP contribution >= 0.6 is 0 Å². The van der Waals surface area contributed by atoms with Gasteiger partial charge >= 0.3 is 0 Å². The van der Waals surface area contributed by atoms with Crippen molar-refractivity contribution in [1.29, 1.82) is 0 Å². The van der Waals surface area contributed by atoms with Gasteiger partial charge in [0.15, 0.2) is 0 Å². The maximum Gasteiger partial charge on any atom is 0.120 e. The van der Waals surface area contributed by atoms with Crippen molar-refractivity contribution in [3.8, 4) is 0 Å². The van der Waals surface area contributed by atoms with Crippen LogP contribution in [0.4, 0.5) is 0 Å². The molecule has 0 rings (SSSR count). The molecule has 0 fully saturated rings. The zero-order valence-electron chi connectivity index (χ0n) is 5.39. The predicted octanol–water partition coefficient (Wildman–Crippen LogP) is 0.102. The van der Waals surface area contributed by atoms with Crippen LogP contribution in [0.2, 0.25) is 0 Å². The van der Waals surface area contributed by atoms with E-state index < -0.39 is 11.2 Å². The molecule has 0 saturated heterocycles. The highest BCUT2D eigenvalue weighted by Gasteiger charge is 2.04. The Morgan fingerprint density at radius 2 is 2.25 bits per heavy atom. The van der Waals surface area contributed by atoms with Gasteiger partial charge in [0.2, 0.25) is 0 Å². The summed E-state index contributed by atoms with van der Waals surface area (Å²) in [4.78, 5) is 0. The summed E-state index contributed by atoms with van der Waals surface area (Å²) in [5.74, 6) is 0.635. The minimum atomic E-state index is -0.721. The van der Waals surface area contributed by atoms with Gasteiger partial charge < -0.3 is 10.3 Å². The molecule has 1 unspecified atom stereocenters. The molecule has 0 amide bonds. The molecule has 0 aliphatic carbocycles. The Balaban J connectivity index is 3.10. The number of rotatable bonds is 3. The van der Waals surface area contributed by atoms with Gasteiger partial charge in [-0.3, -0.25) is 0 Å². The van der Waals surface area contributed by atoms with E-state index in [9.17, 15) is 4.55 Å². The summed E-state index contributed by atoms with van der Waals surface area (Å²) in [5, 5.41) is 0. The lowest BCUT2D eigenvalue weighted by atomic mass is 10.3. The Kier molecular flexibility index (Phi) is 4.32. The predicted molar refractivity (Wildman–Crippen MR) is 37.2 cm³/mol. The van der Waals surface area contributed by atoms with Crippen LogP contribution < -0.4 is 5.73 Å². The smallest absolute Gasteiger partial charge is 0.120 e. The van der Waals surface area contributed by atoms with Crippen molar-refractivity contribution in [2.75, 3.05) is 12.0 Å². The number of hydrogen-bond acceptors (Lipinski definition) is 2. The van der Waals surface area contributed by atoms with Crippen molar-refractivity contribution in [1.82, 2.24) is 0 Å². The van der Waals surface area contributed by atoms with Gasteiger partial charge in [0.25, 0.3) is 0 Å². The third-order valence-corrected chi connectivity index (χ3v) is 1.87. The monoisotopic (exact) mass is 135 g/mol. The maximum absolute atomic E-state index is 10.4. The lowest BCUT2D eigenvalue weighted by Crippen LogP contribution is -2.27. The van der Waals surface area contributed by atoms with Crippen LogP contribution in [0.3, 0.4) is 0 Å². The van der Waals surface area contributed by atoms with Crippen LogP contribution in [0.5, 0.6) is 0 Å². The quantitative estimate of drug-likeness (QED) is 0.558. The second-order valence-electron chi connectivity index (χ2n) is 1.91. The zero-order chi connectivity index (χ0) is 6.57. The summed E-state index contributed by atoms with van der Waals surface area (Å²) in [6, 6.07) is 0.126. The van der Waals surface area contributed by atoms with Crippen LogP contribution in [-0.4, -0.2) is 22.6 Å².